The van der Waals surface area contributed by atoms with Crippen molar-refractivity contribution in [2.24, 2.45) is 0 Å². The Hall–Kier alpha value is -1.20. The van der Waals surface area contributed by atoms with E-state index in [9.17, 15) is 5.11 Å². The number of halogens is 1. The van der Waals surface area contributed by atoms with E-state index < -0.39 is 5.60 Å². The zero-order valence-corrected chi connectivity index (χ0v) is 10.4. The molecular weight excluding hydrogens is 270 g/mol. The summed E-state index contributed by atoms with van der Waals surface area (Å²) in [6, 6.07) is 7.60. The molecule has 0 saturated heterocycles. The Morgan fingerprint density at radius 2 is 2.06 bits per heavy atom. The van der Waals surface area contributed by atoms with Crippen LogP contribution in [-0.4, -0.2) is 19.9 Å². The van der Waals surface area contributed by atoms with Crippen LogP contribution in [0.1, 0.15) is 12.5 Å². The first-order chi connectivity index (χ1) is 7.58. The third-order valence-corrected chi connectivity index (χ3v) is 2.93. The van der Waals surface area contributed by atoms with Crippen molar-refractivity contribution in [1.29, 1.82) is 0 Å². The van der Waals surface area contributed by atoms with Gasteiger partial charge in [-0.3, -0.25) is 0 Å². The Morgan fingerprint density at radius 1 is 1.38 bits per heavy atom. The number of benzene rings is 1. The van der Waals surface area contributed by atoms with Gasteiger partial charge >= 0.3 is 0 Å². The maximum atomic E-state index is 10.3. The van der Waals surface area contributed by atoms with Gasteiger partial charge in [0.2, 0.25) is 0 Å². The molecule has 0 amide bonds. The fraction of sp³-hybridized carbons (Fsp3) is 0.273. The van der Waals surface area contributed by atoms with Crippen molar-refractivity contribution in [2.45, 2.75) is 19.1 Å². The Morgan fingerprint density at radius 3 is 2.62 bits per heavy atom. The van der Waals surface area contributed by atoms with Crippen LogP contribution >= 0.6 is 15.9 Å². The number of nitrogens with zero attached hydrogens (tertiary/aromatic N) is 3. The molecule has 2 rings (SSSR count). The number of aliphatic hydroxyl groups is 1. The first-order valence-corrected chi connectivity index (χ1v) is 5.68. The normalized spacial score (nSPS) is 14.7. The van der Waals surface area contributed by atoms with E-state index in [4.69, 9.17) is 0 Å². The van der Waals surface area contributed by atoms with Crippen LogP contribution in [0.2, 0.25) is 0 Å². The molecule has 0 fully saturated rings. The van der Waals surface area contributed by atoms with E-state index in [0.717, 1.165) is 10.0 Å². The molecule has 1 heterocycles. The molecule has 1 unspecified atom stereocenters. The molecule has 0 bridgehead atoms. The number of aromatic nitrogens is 3. The van der Waals surface area contributed by atoms with E-state index in [2.05, 4.69) is 26.0 Å². The van der Waals surface area contributed by atoms with Crippen LogP contribution in [0.15, 0.2) is 41.4 Å². The summed E-state index contributed by atoms with van der Waals surface area (Å²) in [4.78, 5) is 3.85. The Labute approximate surface area is 102 Å². The maximum Gasteiger partial charge on any atom is 0.137 e. The maximum absolute atomic E-state index is 10.3. The molecule has 0 saturated carbocycles. The average molecular weight is 282 g/mol. The smallest absolute Gasteiger partial charge is 0.137 e. The minimum absolute atomic E-state index is 0.384. The SMILES string of the molecule is CC(O)(Cn1cncn1)c1ccc(Br)cc1. The molecule has 0 aliphatic heterocycles. The van der Waals surface area contributed by atoms with Gasteiger partial charge in [-0.1, -0.05) is 28.1 Å². The average Bonchev–Trinajstić information content (AvgIpc) is 2.70. The molecule has 4 nitrogen and oxygen atoms in total. The highest BCUT2D eigenvalue weighted by molar-refractivity contribution is 9.10. The second-order valence-electron chi connectivity index (χ2n) is 3.87. The van der Waals surface area contributed by atoms with E-state index in [-0.39, 0.29) is 0 Å². The van der Waals surface area contributed by atoms with Gasteiger partial charge in [0.25, 0.3) is 0 Å². The molecule has 0 aliphatic carbocycles. The molecule has 1 N–H and O–H groups in total. The highest BCUT2D eigenvalue weighted by Crippen LogP contribution is 2.23. The van der Waals surface area contributed by atoms with Crippen LogP contribution in [-0.2, 0) is 12.1 Å². The second-order valence-corrected chi connectivity index (χ2v) is 4.79. The molecule has 0 aliphatic rings. The highest BCUT2D eigenvalue weighted by Gasteiger charge is 2.23. The molecule has 16 heavy (non-hydrogen) atoms. The lowest BCUT2D eigenvalue weighted by atomic mass is 9.96. The Bertz CT molecular complexity index is 451. The van der Waals surface area contributed by atoms with Crippen LogP contribution in [0.4, 0.5) is 0 Å². The monoisotopic (exact) mass is 281 g/mol. The summed E-state index contributed by atoms with van der Waals surface area (Å²) in [6.07, 6.45) is 3.05. The minimum atomic E-state index is -0.950. The van der Waals surface area contributed by atoms with Gasteiger partial charge in [-0.15, -0.1) is 0 Å². The number of hydrogen-bond acceptors (Lipinski definition) is 3. The van der Waals surface area contributed by atoms with Crippen molar-refractivity contribution in [3.05, 3.63) is 47.0 Å². The minimum Gasteiger partial charge on any atom is -0.384 e. The summed E-state index contributed by atoms with van der Waals surface area (Å²) >= 11 is 3.36. The van der Waals surface area contributed by atoms with Gasteiger partial charge in [0, 0.05) is 4.47 Å². The van der Waals surface area contributed by atoms with Crippen LogP contribution in [0.25, 0.3) is 0 Å². The van der Waals surface area contributed by atoms with Gasteiger partial charge < -0.3 is 5.11 Å². The van der Waals surface area contributed by atoms with E-state index in [0.29, 0.717) is 6.54 Å². The summed E-state index contributed by atoms with van der Waals surface area (Å²) in [5.74, 6) is 0. The fourth-order valence-electron chi connectivity index (χ4n) is 1.53. The van der Waals surface area contributed by atoms with Crippen molar-refractivity contribution in [3.63, 3.8) is 0 Å². The topological polar surface area (TPSA) is 50.9 Å². The lowest BCUT2D eigenvalue weighted by Gasteiger charge is -2.23. The summed E-state index contributed by atoms with van der Waals surface area (Å²) in [5.41, 5.74) is -0.0970. The van der Waals surface area contributed by atoms with Gasteiger partial charge in [-0.2, -0.15) is 5.10 Å². The number of rotatable bonds is 3. The molecule has 0 radical (unpaired) electrons. The lowest BCUT2D eigenvalue weighted by molar-refractivity contribution is 0.0345. The largest absolute Gasteiger partial charge is 0.384 e. The quantitative estimate of drug-likeness (QED) is 0.936. The summed E-state index contributed by atoms with van der Waals surface area (Å²) in [7, 11) is 0. The van der Waals surface area contributed by atoms with Crippen molar-refractivity contribution in [1.82, 2.24) is 14.8 Å². The molecule has 1 aromatic carbocycles. The first-order valence-electron chi connectivity index (χ1n) is 4.89. The van der Waals surface area contributed by atoms with Crippen LogP contribution in [0.3, 0.4) is 0 Å². The van der Waals surface area contributed by atoms with E-state index in [1.807, 2.05) is 24.3 Å². The van der Waals surface area contributed by atoms with Crippen LogP contribution in [0, 0.1) is 0 Å². The fourth-order valence-corrected chi connectivity index (χ4v) is 1.79. The third kappa shape index (κ3) is 2.48. The lowest BCUT2D eigenvalue weighted by Crippen LogP contribution is -2.27. The van der Waals surface area contributed by atoms with E-state index in [1.54, 1.807) is 17.9 Å². The molecule has 84 valence electrons. The molecular formula is C11H12BrN3O. The van der Waals surface area contributed by atoms with Gasteiger partial charge in [-0.05, 0) is 24.6 Å². The zero-order valence-electron chi connectivity index (χ0n) is 8.84. The van der Waals surface area contributed by atoms with Crippen LogP contribution < -0.4 is 0 Å². The highest BCUT2D eigenvalue weighted by atomic mass is 79.9. The third-order valence-electron chi connectivity index (χ3n) is 2.40. The summed E-state index contributed by atoms with van der Waals surface area (Å²) in [6.45, 7) is 2.15. The standard InChI is InChI=1S/C11H12BrN3O/c1-11(16,6-15-8-13-7-14-15)9-2-4-10(12)5-3-9/h2-5,7-8,16H,6H2,1H3. The van der Waals surface area contributed by atoms with Gasteiger partial charge in [-0.25, -0.2) is 9.67 Å². The van der Waals surface area contributed by atoms with Gasteiger partial charge in [0.05, 0.1) is 6.54 Å². The van der Waals surface area contributed by atoms with Crippen molar-refractivity contribution >= 4 is 15.9 Å². The second kappa shape index (κ2) is 4.35. The summed E-state index contributed by atoms with van der Waals surface area (Å²) < 4.78 is 2.61. The van der Waals surface area contributed by atoms with Crippen molar-refractivity contribution in [2.75, 3.05) is 0 Å². The Kier molecular flexibility index (Phi) is 3.07. The molecule has 0 spiro atoms. The molecule has 5 heteroatoms. The van der Waals surface area contributed by atoms with Crippen LogP contribution in [0.5, 0.6) is 0 Å². The number of hydrogen-bond donors (Lipinski definition) is 1. The Balaban J connectivity index is 2.21. The molecule has 2 aromatic rings. The van der Waals surface area contributed by atoms with Gasteiger partial charge in [0.15, 0.2) is 0 Å². The first kappa shape index (κ1) is 11.3. The predicted octanol–water partition coefficient (Wildman–Crippen LogP) is 1.95. The molecule has 1 atom stereocenters. The van der Waals surface area contributed by atoms with E-state index >= 15 is 0 Å². The van der Waals surface area contributed by atoms with Crippen molar-refractivity contribution in [3.8, 4) is 0 Å². The summed E-state index contributed by atoms with van der Waals surface area (Å²) in [5, 5.41) is 14.3. The van der Waals surface area contributed by atoms with E-state index in [1.165, 1.54) is 6.33 Å². The molecule has 1 aromatic heterocycles. The van der Waals surface area contributed by atoms with Crippen molar-refractivity contribution < 1.29 is 5.11 Å². The van der Waals surface area contributed by atoms with Gasteiger partial charge in [0.1, 0.15) is 18.3 Å². The zero-order chi connectivity index (χ0) is 11.6. The predicted molar refractivity (Wildman–Crippen MR) is 63.7 cm³/mol.